The van der Waals surface area contributed by atoms with Crippen molar-refractivity contribution in [1.82, 2.24) is 14.9 Å². The summed E-state index contributed by atoms with van der Waals surface area (Å²) in [5.41, 5.74) is 1.40. The van der Waals surface area contributed by atoms with Gasteiger partial charge in [-0.2, -0.15) is 0 Å². The van der Waals surface area contributed by atoms with E-state index in [1.807, 2.05) is 6.20 Å². The molecule has 1 aliphatic heterocycles. The fraction of sp³-hybridized carbons (Fsp3) is 0.375. The highest BCUT2D eigenvalue weighted by Gasteiger charge is 2.13. The molecule has 2 amide bonds. The van der Waals surface area contributed by atoms with Gasteiger partial charge >= 0.3 is 6.03 Å². The second-order valence-electron chi connectivity index (χ2n) is 5.43. The number of anilines is 1. The maximum Gasteiger partial charge on any atom is 0.319 e. The molecule has 0 spiro atoms. The quantitative estimate of drug-likeness (QED) is 0.902. The van der Waals surface area contributed by atoms with Gasteiger partial charge in [-0.3, -0.25) is 0 Å². The first-order chi connectivity index (χ1) is 11.2. The van der Waals surface area contributed by atoms with Gasteiger partial charge < -0.3 is 19.9 Å². The Kier molecular flexibility index (Phi) is 4.71. The van der Waals surface area contributed by atoms with Crippen molar-refractivity contribution >= 4 is 23.3 Å². The Bertz CT molecular complexity index is 691. The van der Waals surface area contributed by atoms with Crippen molar-refractivity contribution in [3.63, 3.8) is 0 Å². The largest absolute Gasteiger partial charge is 0.493 e. The Hall–Kier alpha value is -2.21. The fourth-order valence-electron chi connectivity index (χ4n) is 2.71. The summed E-state index contributed by atoms with van der Waals surface area (Å²) in [6, 6.07) is 4.87. The predicted molar refractivity (Wildman–Crippen MR) is 89.0 cm³/mol. The standard InChI is InChI=1S/C16H19ClN4O2/c1-23-15-12(17)5-4-6-13(15)20-16(22)18-9-11-10-21-8-3-2-7-14(21)19-11/h4-6,10H,2-3,7-9H2,1H3,(H2,18,20,22). The number of fused-ring (bicyclic) bond motifs is 1. The van der Waals surface area contributed by atoms with Crippen LogP contribution in [0.1, 0.15) is 24.4 Å². The van der Waals surface area contributed by atoms with Gasteiger partial charge in [0.1, 0.15) is 5.82 Å². The molecule has 0 radical (unpaired) electrons. The van der Waals surface area contributed by atoms with Crippen molar-refractivity contribution in [2.24, 2.45) is 0 Å². The van der Waals surface area contributed by atoms with Gasteiger partial charge in [-0.25, -0.2) is 9.78 Å². The number of carbonyl (C=O) groups is 1. The summed E-state index contributed by atoms with van der Waals surface area (Å²) in [6.45, 7) is 1.39. The van der Waals surface area contributed by atoms with Crippen molar-refractivity contribution in [2.45, 2.75) is 32.4 Å². The lowest BCUT2D eigenvalue weighted by atomic mass is 10.2. The van der Waals surface area contributed by atoms with E-state index in [9.17, 15) is 4.79 Å². The number of hydrogen-bond acceptors (Lipinski definition) is 3. The van der Waals surface area contributed by atoms with Gasteiger partial charge in [0, 0.05) is 19.2 Å². The number of urea groups is 1. The van der Waals surface area contributed by atoms with Gasteiger partial charge in [0.2, 0.25) is 0 Å². The van der Waals surface area contributed by atoms with E-state index in [2.05, 4.69) is 20.2 Å². The molecular weight excluding hydrogens is 316 g/mol. The number of para-hydroxylation sites is 1. The van der Waals surface area contributed by atoms with E-state index < -0.39 is 0 Å². The SMILES string of the molecule is COc1c(Cl)cccc1NC(=O)NCc1cn2c(n1)CCCC2. The highest BCUT2D eigenvalue weighted by molar-refractivity contribution is 6.32. The van der Waals surface area contributed by atoms with E-state index in [-0.39, 0.29) is 6.03 Å². The molecule has 0 bridgehead atoms. The first-order valence-electron chi connectivity index (χ1n) is 7.59. The molecule has 0 saturated heterocycles. The molecule has 1 aliphatic rings. The van der Waals surface area contributed by atoms with Crippen molar-refractivity contribution in [3.8, 4) is 5.75 Å². The smallest absolute Gasteiger partial charge is 0.319 e. The third-order valence-electron chi connectivity index (χ3n) is 3.81. The predicted octanol–water partition coefficient (Wildman–Crippen LogP) is 3.20. The number of aromatic nitrogens is 2. The topological polar surface area (TPSA) is 68.2 Å². The van der Waals surface area contributed by atoms with Crippen LogP contribution in [0, 0.1) is 0 Å². The molecule has 7 heteroatoms. The van der Waals surface area contributed by atoms with Gasteiger partial charge in [-0.1, -0.05) is 17.7 Å². The molecule has 2 N–H and O–H groups in total. The number of nitrogens with one attached hydrogen (secondary N) is 2. The summed E-state index contributed by atoms with van der Waals surface area (Å²) < 4.78 is 7.37. The van der Waals surface area contributed by atoms with Crippen LogP contribution in [0.3, 0.4) is 0 Å². The summed E-state index contributed by atoms with van der Waals surface area (Å²) in [4.78, 5) is 16.6. The van der Waals surface area contributed by atoms with E-state index in [0.29, 0.717) is 23.0 Å². The molecule has 23 heavy (non-hydrogen) atoms. The van der Waals surface area contributed by atoms with E-state index in [1.54, 1.807) is 18.2 Å². The molecule has 3 rings (SSSR count). The van der Waals surface area contributed by atoms with E-state index in [0.717, 1.165) is 24.5 Å². The second-order valence-corrected chi connectivity index (χ2v) is 5.83. The molecule has 1 aromatic heterocycles. The Balaban J connectivity index is 1.60. The van der Waals surface area contributed by atoms with Crippen molar-refractivity contribution in [2.75, 3.05) is 12.4 Å². The number of rotatable bonds is 4. The highest BCUT2D eigenvalue weighted by atomic mass is 35.5. The maximum absolute atomic E-state index is 12.1. The minimum atomic E-state index is -0.323. The Morgan fingerprint density at radius 3 is 3.09 bits per heavy atom. The third kappa shape index (κ3) is 3.59. The average Bonchev–Trinajstić information content (AvgIpc) is 2.96. The van der Waals surface area contributed by atoms with Crippen LogP contribution in [0.4, 0.5) is 10.5 Å². The molecular formula is C16H19ClN4O2. The van der Waals surface area contributed by atoms with Crippen molar-refractivity contribution in [3.05, 3.63) is 40.9 Å². The number of amides is 2. The van der Waals surface area contributed by atoms with Crippen LogP contribution in [0.5, 0.6) is 5.75 Å². The van der Waals surface area contributed by atoms with Crippen LogP contribution in [-0.4, -0.2) is 22.7 Å². The molecule has 2 aromatic rings. The number of benzene rings is 1. The fourth-order valence-corrected chi connectivity index (χ4v) is 2.96. The van der Waals surface area contributed by atoms with Gasteiger partial charge in [-0.05, 0) is 25.0 Å². The molecule has 0 fully saturated rings. The lowest BCUT2D eigenvalue weighted by Crippen LogP contribution is -2.28. The average molecular weight is 335 g/mol. The van der Waals surface area contributed by atoms with Crippen LogP contribution < -0.4 is 15.4 Å². The number of halogens is 1. The summed E-state index contributed by atoms with van der Waals surface area (Å²) in [7, 11) is 1.51. The minimum Gasteiger partial charge on any atom is -0.493 e. The minimum absolute atomic E-state index is 0.323. The number of methoxy groups -OCH3 is 1. The molecule has 0 aliphatic carbocycles. The van der Waals surface area contributed by atoms with Crippen LogP contribution in [0.2, 0.25) is 5.02 Å². The number of hydrogen-bond donors (Lipinski definition) is 2. The summed E-state index contributed by atoms with van der Waals surface area (Å²) in [5, 5.41) is 5.99. The Labute approximate surface area is 139 Å². The van der Waals surface area contributed by atoms with E-state index >= 15 is 0 Å². The third-order valence-corrected chi connectivity index (χ3v) is 4.11. The summed E-state index contributed by atoms with van der Waals surface area (Å²) >= 11 is 6.03. The van der Waals surface area contributed by atoms with Gasteiger partial charge in [0.05, 0.1) is 30.1 Å². The lowest BCUT2D eigenvalue weighted by molar-refractivity contribution is 0.251. The van der Waals surface area contributed by atoms with Gasteiger partial charge in [-0.15, -0.1) is 0 Å². The number of imidazole rings is 1. The molecule has 0 atom stereocenters. The monoisotopic (exact) mass is 334 g/mol. The normalized spacial score (nSPS) is 13.3. The first-order valence-corrected chi connectivity index (χ1v) is 7.97. The van der Waals surface area contributed by atoms with Crippen molar-refractivity contribution < 1.29 is 9.53 Å². The van der Waals surface area contributed by atoms with Crippen molar-refractivity contribution in [1.29, 1.82) is 0 Å². The summed E-state index contributed by atoms with van der Waals surface area (Å²) in [5.74, 6) is 1.55. The van der Waals surface area contributed by atoms with E-state index in [4.69, 9.17) is 16.3 Å². The molecule has 6 nitrogen and oxygen atoms in total. The first kappa shape index (κ1) is 15.7. The van der Waals surface area contributed by atoms with Gasteiger partial charge in [0.15, 0.2) is 5.75 Å². The van der Waals surface area contributed by atoms with Crippen LogP contribution in [-0.2, 0) is 19.5 Å². The molecule has 2 heterocycles. The Morgan fingerprint density at radius 1 is 1.43 bits per heavy atom. The zero-order chi connectivity index (χ0) is 16.2. The number of carbonyl (C=O) groups excluding carboxylic acids is 1. The van der Waals surface area contributed by atoms with Crippen LogP contribution >= 0.6 is 11.6 Å². The van der Waals surface area contributed by atoms with Crippen LogP contribution in [0.25, 0.3) is 0 Å². The van der Waals surface area contributed by atoms with Crippen LogP contribution in [0.15, 0.2) is 24.4 Å². The Morgan fingerprint density at radius 2 is 2.30 bits per heavy atom. The molecule has 1 aromatic carbocycles. The van der Waals surface area contributed by atoms with Gasteiger partial charge in [0.25, 0.3) is 0 Å². The zero-order valence-corrected chi connectivity index (χ0v) is 13.7. The molecule has 122 valence electrons. The number of ether oxygens (including phenoxy) is 1. The molecule has 0 saturated carbocycles. The summed E-state index contributed by atoms with van der Waals surface area (Å²) in [6.07, 6.45) is 5.38. The number of aryl methyl sites for hydroxylation is 2. The molecule has 0 unspecified atom stereocenters. The second kappa shape index (κ2) is 6.91. The maximum atomic E-state index is 12.1. The zero-order valence-electron chi connectivity index (χ0n) is 12.9. The number of nitrogens with zero attached hydrogens (tertiary/aromatic N) is 2. The van der Waals surface area contributed by atoms with E-state index in [1.165, 1.54) is 20.0 Å². The highest BCUT2D eigenvalue weighted by Crippen LogP contribution is 2.32. The lowest BCUT2D eigenvalue weighted by Gasteiger charge is -2.12.